The van der Waals surface area contributed by atoms with Crippen LogP contribution >= 0.6 is 11.3 Å². The first-order valence-electron chi connectivity index (χ1n) is 9.00. The number of carbonyl (C=O) groups excluding carboxylic acids is 2. The maximum Gasteiger partial charge on any atom is 0.254 e. The predicted octanol–water partition coefficient (Wildman–Crippen LogP) is 2.55. The molecule has 3 aromatic rings. The van der Waals surface area contributed by atoms with Gasteiger partial charge in [-0.2, -0.15) is 5.10 Å². The van der Waals surface area contributed by atoms with Gasteiger partial charge in [-0.1, -0.05) is 12.1 Å². The zero-order valence-corrected chi connectivity index (χ0v) is 15.9. The second-order valence-corrected chi connectivity index (χ2v) is 7.75. The highest BCUT2D eigenvalue weighted by Crippen LogP contribution is 2.25. The van der Waals surface area contributed by atoms with Gasteiger partial charge in [0.15, 0.2) is 0 Å². The Balaban J connectivity index is 1.46. The summed E-state index contributed by atoms with van der Waals surface area (Å²) in [7, 11) is 0. The first-order valence-corrected chi connectivity index (χ1v) is 9.88. The van der Waals surface area contributed by atoms with E-state index in [1.807, 2.05) is 28.3 Å². The molecule has 0 fully saturated rings. The number of rotatable bonds is 5. The lowest BCUT2D eigenvalue weighted by molar-refractivity contribution is -0.122. The van der Waals surface area contributed by atoms with Crippen molar-refractivity contribution in [1.82, 2.24) is 20.0 Å². The van der Waals surface area contributed by atoms with E-state index >= 15 is 0 Å². The van der Waals surface area contributed by atoms with E-state index in [0.717, 1.165) is 10.6 Å². The molecule has 0 saturated carbocycles. The second-order valence-electron chi connectivity index (χ2n) is 6.72. The molecule has 2 amide bonds. The topological polar surface area (TPSA) is 87.5 Å². The van der Waals surface area contributed by atoms with E-state index in [1.54, 1.807) is 34.6 Å². The van der Waals surface area contributed by atoms with Crippen molar-refractivity contribution in [3.63, 3.8) is 0 Å². The van der Waals surface area contributed by atoms with Crippen molar-refractivity contribution >= 4 is 23.2 Å². The minimum absolute atomic E-state index is 0.0532. The van der Waals surface area contributed by atoms with E-state index in [-0.39, 0.29) is 30.0 Å². The van der Waals surface area contributed by atoms with E-state index in [1.165, 1.54) is 12.1 Å². The lowest BCUT2D eigenvalue weighted by atomic mass is 10.1. The maximum atomic E-state index is 12.9. The Kier molecular flexibility index (Phi) is 5.12. The molecule has 8 heteroatoms. The minimum atomic E-state index is -0.233. The summed E-state index contributed by atoms with van der Waals surface area (Å²) >= 11 is 1.60. The highest BCUT2D eigenvalue weighted by atomic mass is 32.1. The number of amides is 2. The summed E-state index contributed by atoms with van der Waals surface area (Å²) < 4.78 is 1.83. The summed E-state index contributed by atoms with van der Waals surface area (Å²) in [5.41, 5.74) is 1.31. The van der Waals surface area contributed by atoms with E-state index in [0.29, 0.717) is 25.2 Å². The van der Waals surface area contributed by atoms with Gasteiger partial charge in [-0.05, 0) is 35.7 Å². The van der Waals surface area contributed by atoms with Crippen molar-refractivity contribution in [2.75, 3.05) is 6.54 Å². The molecule has 1 aliphatic heterocycles. The van der Waals surface area contributed by atoms with Crippen molar-refractivity contribution in [2.24, 2.45) is 0 Å². The van der Waals surface area contributed by atoms with Gasteiger partial charge in [-0.15, -0.1) is 11.3 Å². The molecular formula is C20H20N4O3S. The molecule has 144 valence electrons. The van der Waals surface area contributed by atoms with Crippen LogP contribution in [0.1, 0.15) is 33.4 Å². The van der Waals surface area contributed by atoms with Crippen LogP contribution in [0, 0.1) is 0 Å². The van der Waals surface area contributed by atoms with E-state index in [9.17, 15) is 14.7 Å². The number of phenols is 1. The van der Waals surface area contributed by atoms with Crippen LogP contribution in [0.3, 0.4) is 0 Å². The van der Waals surface area contributed by atoms with E-state index in [2.05, 4.69) is 10.4 Å². The molecule has 0 saturated heterocycles. The molecule has 1 aliphatic rings. The van der Waals surface area contributed by atoms with Crippen LogP contribution < -0.4 is 5.32 Å². The Bertz CT molecular complexity index is 983. The number of carbonyl (C=O) groups is 2. The Labute approximate surface area is 166 Å². The van der Waals surface area contributed by atoms with Gasteiger partial charge in [0.1, 0.15) is 5.75 Å². The van der Waals surface area contributed by atoms with Crippen LogP contribution in [0.4, 0.5) is 0 Å². The Morgan fingerprint density at radius 2 is 2.14 bits per heavy atom. The fourth-order valence-electron chi connectivity index (χ4n) is 3.40. The van der Waals surface area contributed by atoms with Gasteiger partial charge in [0, 0.05) is 23.2 Å². The van der Waals surface area contributed by atoms with Crippen molar-refractivity contribution in [3.05, 3.63) is 70.2 Å². The third kappa shape index (κ3) is 3.91. The summed E-state index contributed by atoms with van der Waals surface area (Å²) in [6, 6.07) is 11.9. The smallest absolute Gasteiger partial charge is 0.254 e. The second kappa shape index (κ2) is 7.85. The highest BCUT2D eigenvalue weighted by molar-refractivity contribution is 7.09. The largest absolute Gasteiger partial charge is 0.508 e. The van der Waals surface area contributed by atoms with Crippen molar-refractivity contribution in [3.8, 4) is 5.75 Å². The lowest BCUT2D eigenvalue weighted by Crippen LogP contribution is -2.42. The van der Waals surface area contributed by atoms with Crippen LogP contribution in [-0.2, 0) is 17.9 Å². The third-order valence-electron chi connectivity index (χ3n) is 4.72. The molecule has 2 aromatic heterocycles. The normalized spacial score (nSPS) is 15.9. The third-order valence-corrected chi connectivity index (χ3v) is 5.60. The summed E-state index contributed by atoms with van der Waals surface area (Å²) in [5, 5.41) is 18.9. The number of thiophene rings is 1. The first kappa shape index (κ1) is 18.2. The standard InChI is InChI=1S/C20H20N4O3S/c25-17-4-1-3-14(9-17)20(27)23-12-15-6-7-22-24(15)16(13-23)10-19(26)21-11-18-5-2-8-28-18/h1-9,16,25H,10-13H2,(H,21,26)/t16-/m1/s1. The Hall–Kier alpha value is -3.13. The molecule has 0 spiro atoms. The van der Waals surface area contributed by atoms with Gasteiger partial charge in [-0.3, -0.25) is 14.3 Å². The maximum absolute atomic E-state index is 12.9. The zero-order chi connectivity index (χ0) is 19.5. The zero-order valence-electron chi connectivity index (χ0n) is 15.1. The fourth-order valence-corrected chi connectivity index (χ4v) is 4.04. The molecule has 28 heavy (non-hydrogen) atoms. The predicted molar refractivity (Wildman–Crippen MR) is 105 cm³/mol. The Morgan fingerprint density at radius 3 is 2.93 bits per heavy atom. The lowest BCUT2D eigenvalue weighted by Gasteiger charge is -2.33. The number of aromatic nitrogens is 2. The number of nitrogens with one attached hydrogen (secondary N) is 1. The molecule has 1 atom stereocenters. The molecule has 1 aromatic carbocycles. The summed E-state index contributed by atoms with van der Waals surface area (Å²) in [6.45, 7) is 1.30. The molecule has 0 aliphatic carbocycles. The van der Waals surface area contributed by atoms with Crippen LogP contribution in [0.5, 0.6) is 5.75 Å². The number of hydrogen-bond acceptors (Lipinski definition) is 5. The average molecular weight is 396 g/mol. The number of hydrogen-bond donors (Lipinski definition) is 2. The monoisotopic (exact) mass is 396 g/mol. The fraction of sp³-hybridized carbons (Fsp3) is 0.250. The minimum Gasteiger partial charge on any atom is -0.508 e. The number of nitrogens with zero attached hydrogens (tertiary/aromatic N) is 3. The van der Waals surface area contributed by atoms with Gasteiger partial charge >= 0.3 is 0 Å². The van der Waals surface area contributed by atoms with E-state index in [4.69, 9.17) is 0 Å². The summed E-state index contributed by atoms with van der Waals surface area (Å²) in [6.07, 6.45) is 1.93. The number of benzene rings is 1. The van der Waals surface area contributed by atoms with E-state index < -0.39 is 0 Å². The van der Waals surface area contributed by atoms with Crippen LogP contribution in [-0.4, -0.2) is 38.1 Å². The van der Waals surface area contributed by atoms with Gasteiger partial charge in [0.2, 0.25) is 5.91 Å². The number of phenolic OH excluding ortho intramolecular Hbond substituents is 1. The quantitative estimate of drug-likeness (QED) is 0.694. The molecule has 0 unspecified atom stereocenters. The average Bonchev–Trinajstić information content (AvgIpc) is 3.37. The van der Waals surface area contributed by atoms with Crippen LogP contribution in [0.2, 0.25) is 0 Å². The molecular weight excluding hydrogens is 376 g/mol. The summed E-state index contributed by atoms with van der Waals surface area (Å²) in [5.74, 6) is -0.198. The van der Waals surface area contributed by atoms with Crippen LogP contribution in [0.25, 0.3) is 0 Å². The molecule has 2 N–H and O–H groups in total. The first-order chi connectivity index (χ1) is 13.6. The SMILES string of the molecule is O=C(C[C@@H]1CN(C(=O)c2cccc(O)c2)Cc2ccnn21)NCc1cccs1. The van der Waals surface area contributed by atoms with Gasteiger partial charge in [0.25, 0.3) is 5.91 Å². The summed E-state index contributed by atoms with van der Waals surface area (Å²) in [4.78, 5) is 28.1. The van der Waals surface area contributed by atoms with Crippen LogP contribution in [0.15, 0.2) is 54.0 Å². The van der Waals surface area contributed by atoms with Gasteiger partial charge < -0.3 is 15.3 Å². The Morgan fingerprint density at radius 1 is 1.25 bits per heavy atom. The van der Waals surface area contributed by atoms with Gasteiger partial charge in [-0.25, -0.2) is 0 Å². The molecule has 0 radical (unpaired) electrons. The van der Waals surface area contributed by atoms with Crippen molar-refractivity contribution in [1.29, 1.82) is 0 Å². The van der Waals surface area contributed by atoms with Gasteiger partial charge in [0.05, 0.1) is 31.2 Å². The number of fused-ring (bicyclic) bond motifs is 1. The molecule has 0 bridgehead atoms. The van der Waals surface area contributed by atoms with Crippen molar-refractivity contribution < 1.29 is 14.7 Å². The number of aromatic hydroxyl groups is 1. The highest BCUT2D eigenvalue weighted by Gasteiger charge is 2.30. The van der Waals surface area contributed by atoms with Crippen molar-refractivity contribution in [2.45, 2.75) is 25.6 Å². The molecule has 7 nitrogen and oxygen atoms in total. The molecule has 4 rings (SSSR count). The molecule has 3 heterocycles.